The molecule has 0 aliphatic heterocycles. The fourth-order valence-corrected chi connectivity index (χ4v) is 0.292. The minimum Gasteiger partial charge on any atom is -0.296 e. The molecule has 0 fully saturated rings. The van der Waals surface area contributed by atoms with Crippen LogP contribution < -0.4 is 5.84 Å². The molecule has 0 saturated carbocycles. The quantitative estimate of drug-likeness (QED) is 0.271. The first-order chi connectivity index (χ1) is 4.48. The Bertz CT molecular complexity index is 132. The zero-order chi connectivity index (χ0) is 8.20. The van der Waals surface area contributed by atoms with Crippen molar-refractivity contribution < 1.29 is 0 Å². The Morgan fingerprint density at radius 1 is 1.50 bits per heavy atom. The summed E-state index contributed by atoms with van der Waals surface area (Å²) in [5.41, 5.74) is -0.0769. The fourth-order valence-electron chi connectivity index (χ4n) is 0.292. The van der Waals surface area contributed by atoms with Crippen molar-refractivity contribution in [1.29, 1.82) is 0 Å². The Morgan fingerprint density at radius 2 is 2.00 bits per heavy atom. The molecule has 0 aromatic carbocycles. The van der Waals surface area contributed by atoms with Gasteiger partial charge in [0, 0.05) is 11.7 Å². The molecule has 0 saturated heterocycles. The van der Waals surface area contributed by atoms with E-state index in [0.717, 1.165) is 0 Å². The first kappa shape index (κ1) is 9.17. The summed E-state index contributed by atoms with van der Waals surface area (Å²) in [6, 6.07) is 0. The highest BCUT2D eigenvalue weighted by Gasteiger charge is 2.13. The van der Waals surface area contributed by atoms with Gasteiger partial charge in [0.1, 0.15) is 6.34 Å². The predicted molar refractivity (Wildman–Crippen MR) is 44.5 cm³/mol. The second kappa shape index (κ2) is 3.37. The third-order valence-corrected chi connectivity index (χ3v) is 1.07. The van der Waals surface area contributed by atoms with Crippen molar-refractivity contribution in [3.8, 4) is 0 Å². The molecule has 0 atom stereocenters. The highest BCUT2D eigenvalue weighted by atomic mass is 15.4. The smallest absolute Gasteiger partial charge is 0.105 e. The van der Waals surface area contributed by atoms with Crippen molar-refractivity contribution >= 4 is 6.34 Å². The molecule has 0 spiro atoms. The molecule has 3 nitrogen and oxygen atoms in total. The first-order valence-corrected chi connectivity index (χ1v) is 3.16. The summed E-state index contributed by atoms with van der Waals surface area (Å²) in [5.74, 6) is 5.57. The van der Waals surface area contributed by atoms with Crippen LogP contribution in [0.3, 0.4) is 0 Å². The van der Waals surface area contributed by atoms with E-state index in [1.807, 2.05) is 20.8 Å². The average Bonchev–Trinajstić information content (AvgIpc) is 1.80. The number of rotatable bonds is 2. The van der Waals surface area contributed by atoms with Crippen LogP contribution in [0, 0.1) is 0 Å². The topological polar surface area (TPSA) is 41.6 Å². The molecular weight excluding hydrogens is 126 g/mol. The van der Waals surface area contributed by atoms with Gasteiger partial charge in [0.05, 0.1) is 0 Å². The molecule has 0 radical (unpaired) electrons. The lowest BCUT2D eigenvalue weighted by molar-refractivity contribution is 0.251. The molecule has 0 unspecified atom stereocenters. The number of aliphatic imine (C=N–C) groups is 1. The largest absolute Gasteiger partial charge is 0.296 e. The minimum absolute atomic E-state index is 0.0769. The summed E-state index contributed by atoms with van der Waals surface area (Å²) in [5, 5.41) is 1.54. The van der Waals surface area contributed by atoms with Gasteiger partial charge < -0.3 is 0 Å². The van der Waals surface area contributed by atoms with Crippen molar-refractivity contribution in [3.63, 3.8) is 0 Å². The standard InChI is InChI=1S/C7H15N3/c1-5-9-6-10(8)7(2,3)4/h5-6H,1,8H2,2-4H3/b9-6-. The summed E-state index contributed by atoms with van der Waals surface area (Å²) >= 11 is 0. The van der Waals surface area contributed by atoms with Crippen LogP contribution in [0.2, 0.25) is 0 Å². The van der Waals surface area contributed by atoms with Crippen molar-refractivity contribution in [2.24, 2.45) is 10.8 Å². The number of hydrogen-bond donors (Lipinski definition) is 1. The lowest BCUT2D eigenvalue weighted by Gasteiger charge is -2.28. The van der Waals surface area contributed by atoms with Gasteiger partial charge >= 0.3 is 0 Å². The molecule has 0 heterocycles. The summed E-state index contributed by atoms with van der Waals surface area (Å²) in [4.78, 5) is 3.78. The van der Waals surface area contributed by atoms with Gasteiger partial charge in [-0.1, -0.05) is 6.58 Å². The molecule has 2 N–H and O–H groups in total. The van der Waals surface area contributed by atoms with Crippen molar-refractivity contribution in [2.45, 2.75) is 26.3 Å². The SMILES string of the molecule is C=C/N=C\N(N)C(C)(C)C. The van der Waals surface area contributed by atoms with Gasteiger partial charge in [0.15, 0.2) is 0 Å². The minimum atomic E-state index is -0.0769. The molecule has 0 rings (SSSR count). The second-order valence-electron chi connectivity index (χ2n) is 3.03. The Kier molecular flexibility index (Phi) is 3.09. The zero-order valence-corrected chi connectivity index (χ0v) is 6.83. The molecule has 0 aliphatic carbocycles. The van der Waals surface area contributed by atoms with E-state index in [9.17, 15) is 0 Å². The molecule has 58 valence electrons. The molecule has 0 bridgehead atoms. The van der Waals surface area contributed by atoms with E-state index in [-0.39, 0.29) is 5.54 Å². The molecular formula is C7H15N3. The summed E-state index contributed by atoms with van der Waals surface area (Å²) in [6.45, 7) is 9.44. The maximum absolute atomic E-state index is 5.57. The van der Waals surface area contributed by atoms with E-state index in [2.05, 4.69) is 11.6 Å². The third-order valence-electron chi connectivity index (χ3n) is 1.07. The van der Waals surface area contributed by atoms with Crippen molar-refractivity contribution in [1.82, 2.24) is 5.01 Å². The van der Waals surface area contributed by atoms with Gasteiger partial charge in [-0.3, -0.25) is 5.01 Å². The highest BCUT2D eigenvalue weighted by Crippen LogP contribution is 2.04. The lowest BCUT2D eigenvalue weighted by Crippen LogP contribution is -2.45. The second-order valence-corrected chi connectivity index (χ2v) is 3.03. The summed E-state index contributed by atoms with van der Waals surface area (Å²) in [7, 11) is 0. The van der Waals surface area contributed by atoms with Gasteiger partial charge in [-0.15, -0.1) is 0 Å². The normalized spacial score (nSPS) is 12.0. The zero-order valence-electron chi connectivity index (χ0n) is 6.83. The van der Waals surface area contributed by atoms with Gasteiger partial charge in [-0.05, 0) is 20.8 Å². The van der Waals surface area contributed by atoms with E-state index in [4.69, 9.17) is 5.84 Å². The Labute approximate surface area is 62.2 Å². The predicted octanol–water partition coefficient (Wildman–Crippen LogP) is 1.13. The van der Waals surface area contributed by atoms with Crippen LogP contribution in [0.5, 0.6) is 0 Å². The van der Waals surface area contributed by atoms with E-state index in [0.29, 0.717) is 0 Å². The Balaban J connectivity index is 3.96. The molecule has 3 heteroatoms. The van der Waals surface area contributed by atoms with Gasteiger partial charge in [0.25, 0.3) is 0 Å². The van der Waals surface area contributed by atoms with Gasteiger partial charge in [0.2, 0.25) is 0 Å². The highest BCUT2D eigenvalue weighted by molar-refractivity contribution is 5.55. The van der Waals surface area contributed by atoms with E-state index in [1.165, 1.54) is 11.2 Å². The van der Waals surface area contributed by atoms with E-state index >= 15 is 0 Å². The maximum Gasteiger partial charge on any atom is 0.105 e. The third kappa shape index (κ3) is 3.25. The van der Waals surface area contributed by atoms with Crippen LogP contribution in [-0.2, 0) is 0 Å². The number of nitrogens with two attached hydrogens (primary N) is 1. The number of hydrazine groups is 1. The summed E-state index contributed by atoms with van der Waals surface area (Å²) < 4.78 is 0. The Hall–Kier alpha value is -0.830. The van der Waals surface area contributed by atoms with E-state index < -0.39 is 0 Å². The lowest BCUT2D eigenvalue weighted by atomic mass is 10.1. The van der Waals surface area contributed by atoms with E-state index in [1.54, 1.807) is 6.34 Å². The average molecular weight is 141 g/mol. The van der Waals surface area contributed by atoms with Crippen molar-refractivity contribution in [3.05, 3.63) is 12.8 Å². The van der Waals surface area contributed by atoms with Crippen LogP contribution in [0.15, 0.2) is 17.8 Å². The van der Waals surface area contributed by atoms with Crippen LogP contribution in [-0.4, -0.2) is 16.9 Å². The molecule has 0 aliphatic rings. The first-order valence-electron chi connectivity index (χ1n) is 3.16. The maximum atomic E-state index is 5.57. The molecule has 10 heavy (non-hydrogen) atoms. The number of hydrogen-bond acceptors (Lipinski definition) is 2. The summed E-state index contributed by atoms with van der Waals surface area (Å²) in [6.07, 6.45) is 3.00. The Morgan fingerprint density at radius 3 is 2.30 bits per heavy atom. The van der Waals surface area contributed by atoms with Crippen LogP contribution in [0.25, 0.3) is 0 Å². The molecule has 0 aromatic rings. The van der Waals surface area contributed by atoms with Crippen LogP contribution >= 0.6 is 0 Å². The monoisotopic (exact) mass is 141 g/mol. The molecule has 0 amide bonds. The molecule has 0 aromatic heterocycles. The van der Waals surface area contributed by atoms with Crippen LogP contribution in [0.1, 0.15) is 20.8 Å². The van der Waals surface area contributed by atoms with Crippen molar-refractivity contribution in [2.75, 3.05) is 0 Å². The fraction of sp³-hybridized carbons (Fsp3) is 0.571. The van der Waals surface area contributed by atoms with Gasteiger partial charge in [-0.25, -0.2) is 10.8 Å². The number of nitrogens with zero attached hydrogens (tertiary/aromatic N) is 2. The van der Waals surface area contributed by atoms with Gasteiger partial charge in [-0.2, -0.15) is 0 Å². The van der Waals surface area contributed by atoms with Crippen LogP contribution in [0.4, 0.5) is 0 Å².